The highest BCUT2D eigenvalue weighted by Crippen LogP contribution is 2.42. The normalized spacial score (nSPS) is 22.6. The van der Waals surface area contributed by atoms with Gasteiger partial charge in [0.05, 0.1) is 12.6 Å². The van der Waals surface area contributed by atoms with Gasteiger partial charge in [-0.05, 0) is 49.4 Å². The summed E-state index contributed by atoms with van der Waals surface area (Å²) < 4.78 is 6.13. The molecule has 1 amide bonds. The van der Waals surface area contributed by atoms with Crippen LogP contribution in [0.2, 0.25) is 0 Å². The molecule has 0 aliphatic carbocycles. The van der Waals surface area contributed by atoms with Crippen molar-refractivity contribution >= 4 is 38.7 Å². The Morgan fingerprint density at radius 2 is 2.28 bits per heavy atom. The van der Waals surface area contributed by atoms with E-state index in [0.717, 1.165) is 35.1 Å². The molecule has 0 bridgehead atoms. The van der Waals surface area contributed by atoms with Gasteiger partial charge in [-0.1, -0.05) is 15.9 Å². The van der Waals surface area contributed by atoms with E-state index in [0.29, 0.717) is 19.4 Å². The summed E-state index contributed by atoms with van der Waals surface area (Å²) in [4.78, 5) is 30.0. The Morgan fingerprint density at radius 1 is 1.44 bits per heavy atom. The standard InChI is InChI=1S/C19H21BrN2O3/c1-2-25-18(24)9-11-7-16-19-13(5-6-22(16)17(23)8-11)14-10-12(20)3-4-15(14)21-19/h3-4,10-11,16,21H,2,5-9H2,1H3/t11?,16-/m0/s1. The van der Waals surface area contributed by atoms with Crippen molar-refractivity contribution in [1.29, 1.82) is 0 Å². The fourth-order valence-corrected chi connectivity index (χ4v) is 4.62. The molecule has 1 N–H and O–H groups in total. The van der Waals surface area contributed by atoms with E-state index in [9.17, 15) is 9.59 Å². The van der Waals surface area contributed by atoms with Crippen molar-refractivity contribution in [2.24, 2.45) is 5.92 Å². The first-order chi connectivity index (χ1) is 12.1. The molecular formula is C19H21BrN2O3. The zero-order valence-corrected chi connectivity index (χ0v) is 15.8. The molecule has 6 heteroatoms. The number of carbonyl (C=O) groups is 2. The number of halogens is 1. The molecule has 0 radical (unpaired) electrons. The summed E-state index contributed by atoms with van der Waals surface area (Å²) in [7, 11) is 0. The number of ether oxygens (including phenoxy) is 1. The lowest BCUT2D eigenvalue weighted by Gasteiger charge is -2.42. The van der Waals surface area contributed by atoms with Gasteiger partial charge >= 0.3 is 5.97 Å². The number of hydrogen-bond donors (Lipinski definition) is 1. The van der Waals surface area contributed by atoms with E-state index in [2.05, 4.69) is 33.0 Å². The van der Waals surface area contributed by atoms with Crippen LogP contribution in [-0.4, -0.2) is 34.9 Å². The Morgan fingerprint density at radius 3 is 3.08 bits per heavy atom. The van der Waals surface area contributed by atoms with Gasteiger partial charge in [-0.25, -0.2) is 0 Å². The summed E-state index contributed by atoms with van der Waals surface area (Å²) in [6.45, 7) is 2.94. The van der Waals surface area contributed by atoms with Crippen LogP contribution in [0.15, 0.2) is 22.7 Å². The minimum Gasteiger partial charge on any atom is -0.466 e. The maximum Gasteiger partial charge on any atom is 0.306 e. The van der Waals surface area contributed by atoms with Crippen LogP contribution in [0.3, 0.4) is 0 Å². The van der Waals surface area contributed by atoms with Gasteiger partial charge in [-0.2, -0.15) is 0 Å². The Bertz CT molecular complexity index is 845. The van der Waals surface area contributed by atoms with Crippen LogP contribution < -0.4 is 0 Å². The summed E-state index contributed by atoms with van der Waals surface area (Å²) in [6, 6.07) is 6.28. The lowest BCUT2D eigenvalue weighted by molar-refractivity contribution is -0.147. The third kappa shape index (κ3) is 2.97. The number of fused-ring (bicyclic) bond motifs is 5. The maximum absolute atomic E-state index is 12.6. The van der Waals surface area contributed by atoms with E-state index in [4.69, 9.17) is 4.74 Å². The van der Waals surface area contributed by atoms with Crippen LogP contribution in [0.25, 0.3) is 10.9 Å². The maximum atomic E-state index is 12.6. The van der Waals surface area contributed by atoms with Gasteiger partial charge < -0.3 is 14.6 Å². The molecule has 2 aliphatic rings. The van der Waals surface area contributed by atoms with Crippen LogP contribution in [0, 0.1) is 5.92 Å². The topological polar surface area (TPSA) is 62.4 Å². The number of amides is 1. The summed E-state index contributed by atoms with van der Waals surface area (Å²) in [5, 5.41) is 1.23. The van der Waals surface area contributed by atoms with E-state index in [1.165, 1.54) is 10.9 Å². The number of benzene rings is 1. The van der Waals surface area contributed by atoms with E-state index in [-0.39, 0.29) is 23.8 Å². The van der Waals surface area contributed by atoms with Gasteiger partial charge in [0.25, 0.3) is 0 Å². The summed E-state index contributed by atoms with van der Waals surface area (Å²) in [6.07, 6.45) is 2.45. The number of H-pyrrole nitrogens is 1. The summed E-state index contributed by atoms with van der Waals surface area (Å²) in [5.74, 6) is -0.00158. The molecule has 2 aromatic rings. The first-order valence-electron chi connectivity index (χ1n) is 8.82. The second kappa shape index (κ2) is 6.48. The Kier molecular flexibility index (Phi) is 4.31. The summed E-state index contributed by atoms with van der Waals surface area (Å²) >= 11 is 3.54. The van der Waals surface area contributed by atoms with Crippen LogP contribution >= 0.6 is 15.9 Å². The second-order valence-electron chi connectivity index (χ2n) is 6.88. The molecule has 4 rings (SSSR count). The Labute approximate surface area is 154 Å². The Balaban J connectivity index is 1.66. The lowest BCUT2D eigenvalue weighted by atomic mass is 9.83. The van der Waals surface area contributed by atoms with Gasteiger partial charge in [0.1, 0.15) is 0 Å². The van der Waals surface area contributed by atoms with Crippen molar-refractivity contribution in [2.75, 3.05) is 13.2 Å². The van der Waals surface area contributed by atoms with Gasteiger partial charge in [-0.3, -0.25) is 9.59 Å². The van der Waals surface area contributed by atoms with E-state index in [1.807, 2.05) is 17.9 Å². The smallest absolute Gasteiger partial charge is 0.306 e. The van der Waals surface area contributed by atoms with E-state index >= 15 is 0 Å². The first kappa shape index (κ1) is 16.6. The summed E-state index contributed by atoms with van der Waals surface area (Å²) in [5.41, 5.74) is 3.55. The van der Waals surface area contributed by atoms with Crippen LogP contribution in [-0.2, 0) is 20.7 Å². The zero-order chi connectivity index (χ0) is 17.6. The number of carbonyl (C=O) groups excluding carboxylic acids is 2. The third-order valence-electron chi connectivity index (χ3n) is 5.31. The number of nitrogens with one attached hydrogen (secondary N) is 1. The first-order valence-corrected chi connectivity index (χ1v) is 9.61. The minimum absolute atomic E-state index is 0.0376. The molecule has 1 unspecified atom stereocenters. The number of esters is 1. The van der Waals surface area contributed by atoms with Crippen molar-refractivity contribution in [2.45, 2.75) is 38.6 Å². The molecule has 2 atom stereocenters. The minimum atomic E-state index is -0.203. The lowest BCUT2D eigenvalue weighted by Crippen LogP contribution is -2.45. The third-order valence-corrected chi connectivity index (χ3v) is 5.81. The predicted octanol–water partition coefficient (Wildman–Crippen LogP) is 3.72. The highest BCUT2D eigenvalue weighted by molar-refractivity contribution is 9.10. The van der Waals surface area contributed by atoms with Crippen LogP contribution in [0.5, 0.6) is 0 Å². The van der Waals surface area contributed by atoms with E-state index < -0.39 is 0 Å². The number of hydrogen-bond acceptors (Lipinski definition) is 3. The monoisotopic (exact) mass is 404 g/mol. The molecule has 2 aliphatic heterocycles. The molecule has 1 aromatic heterocycles. The molecule has 1 saturated heterocycles. The average molecular weight is 405 g/mol. The van der Waals surface area contributed by atoms with Crippen molar-refractivity contribution in [3.05, 3.63) is 33.9 Å². The van der Waals surface area contributed by atoms with Gasteiger partial charge in [0.2, 0.25) is 5.91 Å². The van der Waals surface area contributed by atoms with E-state index in [1.54, 1.807) is 0 Å². The molecule has 0 saturated carbocycles. The van der Waals surface area contributed by atoms with Gasteiger partial charge in [0.15, 0.2) is 0 Å². The highest BCUT2D eigenvalue weighted by Gasteiger charge is 2.40. The SMILES string of the molecule is CCOC(=O)CC1CC(=O)N2CCc3c([nH]c4ccc(Br)cc34)[C@@H]2C1. The quantitative estimate of drug-likeness (QED) is 0.792. The van der Waals surface area contributed by atoms with Crippen molar-refractivity contribution in [1.82, 2.24) is 9.88 Å². The fraction of sp³-hybridized carbons (Fsp3) is 0.474. The molecule has 0 spiro atoms. The average Bonchev–Trinajstić information content (AvgIpc) is 2.93. The van der Waals surface area contributed by atoms with Gasteiger partial charge in [0, 0.05) is 40.5 Å². The number of rotatable bonds is 3. The molecule has 1 fully saturated rings. The molecular weight excluding hydrogens is 384 g/mol. The predicted molar refractivity (Wildman–Crippen MR) is 98.1 cm³/mol. The molecule has 132 valence electrons. The number of piperidine rings is 1. The number of aromatic amines is 1. The molecule has 25 heavy (non-hydrogen) atoms. The molecule has 5 nitrogen and oxygen atoms in total. The van der Waals surface area contributed by atoms with Gasteiger partial charge in [-0.15, -0.1) is 0 Å². The van der Waals surface area contributed by atoms with Crippen molar-refractivity contribution < 1.29 is 14.3 Å². The molecule has 1 aromatic carbocycles. The fourth-order valence-electron chi connectivity index (χ4n) is 4.26. The second-order valence-corrected chi connectivity index (χ2v) is 7.79. The molecule has 3 heterocycles. The number of nitrogens with zero attached hydrogens (tertiary/aromatic N) is 1. The van der Waals surface area contributed by atoms with Crippen molar-refractivity contribution in [3.63, 3.8) is 0 Å². The van der Waals surface area contributed by atoms with Crippen molar-refractivity contribution in [3.8, 4) is 0 Å². The van der Waals surface area contributed by atoms with Crippen LogP contribution in [0.1, 0.15) is 43.5 Å². The zero-order valence-electron chi connectivity index (χ0n) is 14.2. The van der Waals surface area contributed by atoms with Crippen LogP contribution in [0.4, 0.5) is 0 Å². The highest BCUT2D eigenvalue weighted by atomic mass is 79.9. The number of aromatic nitrogens is 1. The Hall–Kier alpha value is -1.82. The largest absolute Gasteiger partial charge is 0.466 e.